The van der Waals surface area contributed by atoms with Crippen LogP contribution >= 0.6 is 0 Å². The molecule has 0 bridgehead atoms. The fourth-order valence-corrected chi connectivity index (χ4v) is 2.48. The average molecular weight is 290 g/mol. The second-order valence-electron chi connectivity index (χ2n) is 5.77. The van der Waals surface area contributed by atoms with Gasteiger partial charge in [0, 0.05) is 25.6 Å². The first-order valence-corrected chi connectivity index (χ1v) is 7.88. The van der Waals surface area contributed by atoms with Crippen molar-refractivity contribution in [2.75, 3.05) is 13.2 Å². The van der Waals surface area contributed by atoms with Crippen molar-refractivity contribution in [1.82, 2.24) is 9.55 Å². The molecular formula is C17H26N2O2. The Labute approximate surface area is 126 Å². The van der Waals surface area contributed by atoms with Gasteiger partial charge in [0.15, 0.2) is 0 Å². The van der Waals surface area contributed by atoms with Crippen LogP contribution in [0, 0.1) is 5.92 Å². The lowest BCUT2D eigenvalue weighted by Gasteiger charge is -2.11. The first-order chi connectivity index (χ1) is 10.2. The Bertz CT molecular complexity index is 575. The van der Waals surface area contributed by atoms with Gasteiger partial charge >= 0.3 is 0 Å². The molecule has 0 amide bonds. The van der Waals surface area contributed by atoms with Gasteiger partial charge in [-0.1, -0.05) is 13.8 Å². The van der Waals surface area contributed by atoms with Crippen molar-refractivity contribution in [3.63, 3.8) is 0 Å². The summed E-state index contributed by atoms with van der Waals surface area (Å²) in [5.41, 5.74) is 2.14. The Morgan fingerprint density at radius 1 is 1.33 bits per heavy atom. The number of nitrogens with zero attached hydrogens (tertiary/aromatic N) is 2. The van der Waals surface area contributed by atoms with E-state index in [-0.39, 0.29) is 6.61 Å². The van der Waals surface area contributed by atoms with Crippen molar-refractivity contribution >= 4 is 11.0 Å². The Morgan fingerprint density at radius 2 is 2.14 bits per heavy atom. The molecule has 0 aliphatic rings. The fraction of sp³-hybridized carbons (Fsp3) is 0.588. The van der Waals surface area contributed by atoms with Crippen molar-refractivity contribution in [1.29, 1.82) is 0 Å². The van der Waals surface area contributed by atoms with Gasteiger partial charge in [0.2, 0.25) is 0 Å². The molecule has 0 atom stereocenters. The predicted octanol–water partition coefficient (Wildman–Crippen LogP) is 3.41. The molecule has 21 heavy (non-hydrogen) atoms. The molecule has 2 aromatic rings. The SMILES string of the molecule is CCOc1ccc2c(c1)nc(CCCO)n2CCC(C)C. The summed E-state index contributed by atoms with van der Waals surface area (Å²) in [6.07, 6.45) is 2.70. The van der Waals surface area contributed by atoms with Crippen LogP contribution in [0.1, 0.15) is 39.4 Å². The minimum atomic E-state index is 0.206. The van der Waals surface area contributed by atoms with E-state index < -0.39 is 0 Å². The lowest BCUT2D eigenvalue weighted by molar-refractivity contribution is 0.286. The molecule has 0 aliphatic heterocycles. The molecule has 116 valence electrons. The van der Waals surface area contributed by atoms with Crippen LogP contribution in [0.4, 0.5) is 0 Å². The van der Waals surface area contributed by atoms with Gasteiger partial charge in [0.1, 0.15) is 11.6 Å². The number of hydrogen-bond donors (Lipinski definition) is 1. The van der Waals surface area contributed by atoms with E-state index in [1.165, 1.54) is 0 Å². The van der Waals surface area contributed by atoms with Gasteiger partial charge in [-0.2, -0.15) is 0 Å². The number of rotatable bonds is 8. The highest BCUT2D eigenvalue weighted by Gasteiger charge is 2.11. The number of benzene rings is 1. The fourth-order valence-electron chi connectivity index (χ4n) is 2.48. The molecule has 0 spiro atoms. The van der Waals surface area contributed by atoms with E-state index in [0.717, 1.165) is 48.4 Å². The third-order valence-electron chi connectivity index (χ3n) is 3.60. The van der Waals surface area contributed by atoms with E-state index in [1.54, 1.807) is 0 Å². The summed E-state index contributed by atoms with van der Waals surface area (Å²) < 4.78 is 7.85. The van der Waals surface area contributed by atoms with Crippen LogP contribution < -0.4 is 4.74 Å². The molecule has 1 N–H and O–H groups in total. The molecule has 0 radical (unpaired) electrons. The molecule has 0 unspecified atom stereocenters. The topological polar surface area (TPSA) is 47.3 Å². The normalized spacial score (nSPS) is 11.5. The number of aliphatic hydroxyl groups is 1. The zero-order chi connectivity index (χ0) is 15.2. The Kier molecular flexibility index (Phi) is 5.62. The van der Waals surface area contributed by atoms with Gasteiger partial charge in [-0.15, -0.1) is 0 Å². The van der Waals surface area contributed by atoms with E-state index in [9.17, 15) is 0 Å². The smallest absolute Gasteiger partial charge is 0.121 e. The van der Waals surface area contributed by atoms with Crippen molar-refractivity contribution in [3.05, 3.63) is 24.0 Å². The molecule has 0 saturated carbocycles. The molecule has 0 saturated heterocycles. The number of aliphatic hydroxyl groups excluding tert-OH is 1. The van der Waals surface area contributed by atoms with Gasteiger partial charge in [-0.3, -0.25) is 0 Å². The molecule has 4 nitrogen and oxygen atoms in total. The van der Waals surface area contributed by atoms with Crippen LogP contribution in [0.2, 0.25) is 0 Å². The Balaban J connectivity index is 2.34. The minimum Gasteiger partial charge on any atom is -0.494 e. The summed E-state index contributed by atoms with van der Waals surface area (Å²) in [5.74, 6) is 2.59. The first-order valence-electron chi connectivity index (χ1n) is 7.88. The van der Waals surface area contributed by atoms with E-state index in [0.29, 0.717) is 12.5 Å². The third-order valence-corrected chi connectivity index (χ3v) is 3.60. The maximum atomic E-state index is 9.07. The summed E-state index contributed by atoms with van der Waals surface area (Å²) in [7, 11) is 0. The first kappa shape index (κ1) is 15.8. The number of hydrogen-bond acceptors (Lipinski definition) is 3. The van der Waals surface area contributed by atoms with E-state index in [4.69, 9.17) is 14.8 Å². The summed E-state index contributed by atoms with van der Waals surface area (Å²) in [6.45, 7) is 8.30. The number of aryl methyl sites for hydroxylation is 2. The van der Waals surface area contributed by atoms with Crippen molar-refractivity contribution < 1.29 is 9.84 Å². The maximum Gasteiger partial charge on any atom is 0.121 e. The molecule has 1 heterocycles. The van der Waals surface area contributed by atoms with Crippen LogP contribution in [-0.2, 0) is 13.0 Å². The molecular weight excluding hydrogens is 264 g/mol. The second kappa shape index (κ2) is 7.46. The van der Waals surface area contributed by atoms with Crippen molar-refractivity contribution in [3.8, 4) is 5.75 Å². The number of fused-ring (bicyclic) bond motifs is 1. The third kappa shape index (κ3) is 3.97. The summed E-state index contributed by atoms with van der Waals surface area (Å²) in [6, 6.07) is 6.11. The predicted molar refractivity (Wildman–Crippen MR) is 85.8 cm³/mol. The van der Waals surface area contributed by atoms with Crippen LogP contribution in [0.3, 0.4) is 0 Å². The number of ether oxygens (including phenoxy) is 1. The Morgan fingerprint density at radius 3 is 2.81 bits per heavy atom. The van der Waals surface area contributed by atoms with Crippen LogP contribution in [0.15, 0.2) is 18.2 Å². The van der Waals surface area contributed by atoms with Crippen LogP contribution in [0.25, 0.3) is 11.0 Å². The largest absolute Gasteiger partial charge is 0.494 e. The van der Waals surface area contributed by atoms with Gasteiger partial charge in [0.05, 0.1) is 17.6 Å². The monoisotopic (exact) mass is 290 g/mol. The highest BCUT2D eigenvalue weighted by molar-refractivity contribution is 5.77. The van der Waals surface area contributed by atoms with E-state index in [2.05, 4.69) is 24.5 Å². The lowest BCUT2D eigenvalue weighted by atomic mass is 10.1. The zero-order valence-electron chi connectivity index (χ0n) is 13.3. The van der Waals surface area contributed by atoms with Gasteiger partial charge < -0.3 is 14.4 Å². The van der Waals surface area contributed by atoms with E-state index in [1.807, 2.05) is 19.1 Å². The molecule has 0 aliphatic carbocycles. The molecule has 2 rings (SSSR count). The number of imidazole rings is 1. The van der Waals surface area contributed by atoms with Crippen molar-refractivity contribution in [2.45, 2.75) is 46.6 Å². The summed E-state index contributed by atoms with van der Waals surface area (Å²) in [4.78, 5) is 4.74. The van der Waals surface area contributed by atoms with Crippen molar-refractivity contribution in [2.24, 2.45) is 5.92 Å². The lowest BCUT2D eigenvalue weighted by Crippen LogP contribution is -2.07. The molecule has 4 heteroatoms. The molecule has 0 fully saturated rings. The molecule has 1 aromatic heterocycles. The number of aromatic nitrogens is 2. The Hall–Kier alpha value is -1.55. The minimum absolute atomic E-state index is 0.206. The highest BCUT2D eigenvalue weighted by Crippen LogP contribution is 2.23. The summed E-state index contributed by atoms with van der Waals surface area (Å²) in [5, 5.41) is 9.07. The van der Waals surface area contributed by atoms with Gasteiger partial charge in [-0.25, -0.2) is 4.98 Å². The van der Waals surface area contributed by atoms with Gasteiger partial charge in [0.25, 0.3) is 0 Å². The zero-order valence-corrected chi connectivity index (χ0v) is 13.3. The van der Waals surface area contributed by atoms with Crippen LogP contribution in [-0.4, -0.2) is 27.9 Å². The van der Waals surface area contributed by atoms with Crippen LogP contribution in [0.5, 0.6) is 5.75 Å². The second-order valence-corrected chi connectivity index (χ2v) is 5.77. The summed E-state index contributed by atoms with van der Waals surface area (Å²) >= 11 is 0. The quantitative estimate of drug-likeness (QED) is 0.810. The van der Waals surface area contributed by atoms with E-state index >= 15 is 0 Å². The average Bonchev–Trinajstić information content (AvgIpc) is 2.80. The highest BCUT2D eigenvalue weighted by atomic mass is 16.5. The maximum absolute atomic E-state index is 9.07. The molecule has 1 aromatic carbocycles. The van der Waals surface area contributed by atoms with Gasteiger partial charge in [-0.05, 0) is 37.8 Å². The standard InChI is InChI=1S/C17H26N2O2/c1-4-21-14-7-8-16-15(12-14)18-17(6-5-11-20)19(16)10-9-13(2)3/h7-8,12-13,20H,4-6,9-11H2,1-3H3.